The second kappa shape index (κ2) is 7.82. The maximum Gasteiger partial charge on any atom is 0.245 e. The van der Waals surface area contributed by atoms with Crippen molar-refractivity contribution in [1.29, 1.82) is 0 Å². The molecule has 5 nitrogen and oxygen atoms in total. The summed E-state index contributed by atoms with van der Waals surface area (Å²) in [7, 11) is 0. The van der Waals surface area contributed by atoms with Gasteiger partial charge in [-0.2, -0.15) is 0 Å². The number of para-hydroxylation sites is 1. The van der Waals surface area contributed by atoms with Crippen LogP contribution in [0, 0.1) is 0 Å². The summed E-state index contributed by atoms with van der Waals surface area (Å²) in [5, 5.41) is 0. The molecular weight excluding hydrogens is 280 g/mol. The molecule has 5 heteroatoms. The largest absolute Gasteiger partial charge is 0.494 e. The van der Waals surface area contributed by atoms with E-state index < -0.39 is 0 Å². The predicted molar refractivity (Wildman–Crippen MR) is 84.6 cm³/mol. The van der Waals surface area contributed by atoms with Crippen LogP contribution in [0.2, 0.25) is 0 Å². The lowest BCUT2D eigenvalue weighted by Gasteiger charge is -2.38. The molecule has 1 saturated heterocycles. The van der Waals surface area contributed by atoms with Gasteiger partial charge < -0.3 is 14.5 Å². The number of benzene rings is 1. The van der Waals surface area contributed by atoms with Crippen LogP contribution in [0.25, 0.3) is 0 Å². The van der Waals surface area contributed by atoms with Crippen molar-refractivity contribution in [2.24, 2.45) is 0 Å². The fraction of sp³-hybridized carbons (Fsp3) is 0.529. The topological polar surface area (TPSA) is 49.9 Å². The van der Waals surface area contributed by atoms with Gasteiger partial charge in [0.2, 0.25) is 11.8 Å². The van der Waals surface area contributed by atoms with Crippen LogP contribution < -0.4 is 4.74 Å². The van der Waals surface area contributed by atoms with Crippen molar-refractivity contribution in [3.63, 3.8) is 0 Å². The number of hydrogen-bond acceptors (Lipinski definition) is 3. The molecule has 1 fully saturated rings. The Bertz CT molecular complexity index is 504. The maximum atomic E-state index is 12.2. The molecular formula is C17H24N2O3. The standard InChI is InChI=1S/C17H24N2O3/c1-3-10-18-13-16(20)19(14(2)17(18)21)11-7-12-22-15-8-5-4-6-9-15/h4-6,8-9,14H,3,7,10-13H2,1-2H3/t14-/m0/s1. The SMILES string of the molecule is CCCN1CC(=O)N(CCCOc2ccccc2)[C@@H](C)C1=O. The Kier molecular flexibility index (Phi) is 5.81. The van der Waals surface area contributed by atoms with Crippen LogP contribution in [0.15, 0.2) is 30.3 Å². The van der Waals surface area contributed by atoms with Crippen LogP contribution in [0.1, 0.15) is 26.7 Å². The van der Waals surface area contributed by atoms with E-state index in [0.29, 0.717) is 26.1 Å². The maximum absolute atomic E-state index is 12.2. The van der Waals surface area contributed by atoms with Gasteiger partial charge in [0.25, 0.3) is 0 Å². The fourth-order valence-corrected chi connectivity index (χ4v) is 2.66. The van der Waals surface area contributed by atoms with Crippen LogP contribution in [-0.4, -0.2) is 53.9 Å². The van der Waals surface area contributed by atoms with E-state index >= 15 is 0 Å². The summed E-state index contributed by atoms with van der Waals surface area (Å²) < 4.78 is 5.62. The Balaban J connectivity index is 1.80. The van der Waals surface area contributed by atoms with Crippen molar-refractivity contribution in [3.8, 4) is 5.75 Å². The number of rotatable bonds is 7. The highest BCUT2D eigenvalue weighted by atomic mass is 16.5. The van der Waals surface area contributed by atoms with E-state index in [-0.39, 0.29) is 24.4 Å². The van der Waals surface area contributed by atoms with E-state index in [9.17, 15) is 9.59 Å². The number of carbonyl (C=O) groups excluding carboxylic acids is 2. The van der Waals surface area contributed by atoms with Crippen LogP contribution in [0.4, 0.5) is 0 Å². The van der Waals surface area contributed by atoms with Crippen molar-refractivity contribution in [1.82, 2.24) is 9.80 Å². The van der Waals surface area contributed by atoms with E-state index in [4.69, 9.17) is 4.74 Å². The number of nitrogens with zero attached hydrogens (tertiary/aromatic N) is 2. The van der Waals surface area contributed by atoms with Crippen molar-refractivity contribution < 1.29 is 14.3 Å². The van der Waals surface area contributed by atoms with Crippen LogP contribution in [0.5, 0.6) is 5.75 Å². The normalized spacial score (nSPS) is 18.7. The van der Waals surface area contributed by atoms with Gasteiger partial charge in [-0.25, -0.2) is 0 Å². The quantitative estimate of drug-likeness (QED) is 0.723. The molecule has 120 valence electrons. The fourth-order valence-electron chi connectivity index (χ4n) is 2.66. The number of hydrogen-bond donors (Lipinski definition) is 0. The van der Waals surface area contributed by atoms with Gasteiger partial charge in [0.05, 0.1) is 13.2 Å². The average molecular weight is 304 g/mol. The highest BCUT2D eigenvalue weighted by Gasteiger charge is 2.35. The molecule has 0 bridgehead atoms. The van der Waals surface area contributed by atoms with E-state index in [1.54, 1.807) is 16.7 Å². The summed E-state index contributed by atoms with van der Waals surface area (Å²) in [6, 6.07) is 9.22. The molecule has 1 aromatic carbocycles. The van der Waals surface area contributed by atoms with Crippen molar-refractivity contribution >= 4 is 11.8 Å². The first-order valence-electron chi connectivity index (χ1n) is 7.89. The molecule has 1 atom stereocenters. The molecule has 0 spiro atoms. The minimum Gasteiger partial charge on any atom is -0.494 e. The molecule has 22 heavy (non-hydrogen) atoms. The minimum atomic E-state index is -0.371. The molecule has 1 aliphatic rings. The Hall–Kier alpha value is -2.04. The zero-order valence-corrected chi connectivity index (χ0v) is 13.3. The molecule has 1 aliphatic heterocycles. The Morgan fingerprint density at radius 3 is 2.59 bits per heavy atom. The molecule has 1 aromatic rings. The molecule has 1 heterocycles. The second-order valence-electron chi connectivity index (χ2n) is 5.54. The Labute approximate surface area is 131 Å². The molecule has 0 aliphatic carbocycles. The lowest BCUT2D eigenvalue weighted by atomic mass is 10.1. The van der Waals surface area contributed by atoms with Gasteiger partial charge in [-0.05, 0) is 31.9 Å². The van der Waals surface area contributed by atoms with Gasteiger partial charge in [0.15, 0.2) is 0 Å². The lowest BCUT2D eigenvalue weighted by molar-refractivity contribution is -0.155. The van der Waals surface area contributed by atoms with Gasteiger partial charge in [0, 0.05) is 13.1 Å². The van der Waals surface area contributed by atoms with Gasteiger partial charge in [-0.1, -0.05) is 25.1 Å². The molecule has 0 aromatic heterocycles. The molecule has 0 N–H and O–H groups in total. The van der Waals surface area contributed by atoms with Gasteiger partial charge in [-0.15, -0.1) is 0 Å². The molecule has 0 unspecified atom stereocenters. The van der Waals surface area contributed by atoms with Crippen molar-refractivity contribution in [3.05, 3.63) is 30.3 Å². The minimum absolute atomic E-state index is 0.0280. The zero-order valence-electron chi connectivity index (χ0n) is 13.3. The van der Waals surface area contributed by atoms with Crippen LogP contribution in [0.3, 0.4) is 0 Å². The Morgan fingerprint density at radius 1 is 1.18 bits per heavy atom. The summed E-state index contributed by atoms with van der Waals surface area (Å²) >= 11 is 0. The summed E-state index contributed by atoms with van der Waals surface area (Å²) in [5.41, 5.74) is 0. The monoisotopic (exact) mass is 304 g/mol. The lowest BCUT2D eigenvalue weighted by Crippen LogP contribution is -2.59. The van der Waals surface area contributed by atoms with Crippen molar-refractivity contribution in [2.75, 3.05) is 26.2 Å². The van der Waals surface area contributed by atoms with E-state index in [2.05, 4.69) is 0 Å². The summed E-state index contributed by atoms with van der Waals surface area (Å²) in [6.45, 7) is 5.76. The zero-order chi connectivity index (χ0) is 15.9. The first-order chi connectivity index (χ1) is 10.6. The molecule has 2 rings (SSSR count). The number of ether oxygens (including phenoxy) is 1. The Morgan fingerprint density at radius 2 is 1.91 bits per heavy atom. The highest BCUT2D eigenvalue weighted by molar-refractivity contribution is 5.94. The second-order valence-corrected chi connectivity index (χ2v) is 5.54. The number of amides is 2. The summed E-state index contributed by atoms with van der Waals surface area (Å²) in [4.78, 5) is 27.7. The van der Waals surface area contributed by atoms with Gasteiger partial charge in [0.1, 0.15) is 11.8 Å². The third-order valence-corrected chi connectivity index (χ3v) is 3.83. The summed E-state index contributed by atoms with van der Waals surface area (Å²) in [6.07, 6.45) is 1.59. The molecule has 0 radical (unpaired) electrons. The number of piperazine rings is 1. The van der Waals surface area contributed by atoms with E-state index in [0.717, 1.165) is 12.2 Å². The van der Waals surface area contributed by atoms with Crippen LogP contribution >= 0.6 is 0 Å². The highest BCUT2D eigenvalue weighted by Crippen LogP contribution is 2.14. The first kappa shape index (κ1) is 16.3. The average Bonchev–Trinajstić information content (AvgIpc) is 2.53. The predicted octanol–water partition coefficient (Wildman–Crippen LogP) is 1.92. The van der Waals surface area contributed by atoms with Crippen molar-refractivity contribution in [2.45, 2.75) is 32.7 Å². The third kappa shape index (κ3) is 4.00. The third-order valence-electron chi connectivity index (χ3n) is 3.83. The van der Waals surface area contributed by atoms with Gasteiger partial charge >= 0.3 is 0 Å². The first-order valence-corrected chi connectivity index (χ1v) is 7.89. The molecule has 0 saturated carbocycles. The van der Waals surface area contributed by atoms with Gasteiger partial charge in [-0.3, -0.25) is 9.59 Å². The van der Waals surface area contributed by atoms with Crippen LogP contribution in [-0.2, 0) is 9.59 Å². The van der Waals surface area contributed by atoms with E-state index in [1.165, 1.54) is 0 Å². The summed E-state index contributed by atoms with van der Waals surface area (Å²) in [5.74, 6) is 0.899. The van der Waals surface area contributed by atoms with E-state index in [1.807, 2.05) is 37.3 Å². The number of carbonyl (C=O) groups is 2. The molecule has 2 amide bonds. The smallest absolute Gasteiger partial charge is 0.245 e.